The first-order valence-electron chi connectivity index (χ1n) is 5.75. The molecule has 1 N–H and O–H groups in total. The van der Waals surface area contributed by atoms with Crippen LogP contribution in [0.5, 0.6) is 0 Å². The van der Waals surface area contributed by atoms with Crippen LogP contribution in [0.1, 0.15) is 5.76 Å². The van der Waals surface area contributed by atoms with Gasteiger partial charge < -0.3 is 9.73 Å². The molecular weight excluding hydrogens is 355 g/mol. The molecule has 96 valence electrons. The summed E-state index contributed by atoms with van der Waals surface area (Å²) in [6.07, 6.45) is 5.37. The topological polar surface area (TPSA) is 55.9 Å². The van der Waals surface area contributed by atoms with Crippen LogP contribution in [0.15, 0.2) is 53.3 Å². The quantitative estimate of drug-likeness (QED) is 0.722. The molecule has 0 amide bonds. The van der Waals surface area contributed by atoms with Gasteiger partial charge in [-0.3, -0.25) is 0 Å². The Kier molecular flexibility index (Phi) is 3.49. The molecule has 0 atom stereocenters. The largest absolute Gasteiger partial charge is 0.454 e. The van der Waals surface area contributed by atoms with E-state index in [4.69, 9.17) is 4.42 Å². The van der Waals surface area contributed by atoms with Crippen LogP contribution in [0, 0.1) is 3.77 Å². The highest BCUT2D eigenvalue weighted by atomic mass is 127. The molecule has 3 aromatic heterocycles. The van der Waals surface area contributed by atoms with E-state index in [1.165, 1.54) is 0 Å². The third kappa shape index (κ3) is 2.95. The Morgan fingerprint density at radius 2 is 2.21 bits per heavy atom. The lowest BCUT2D eigenvalue weighted by Gasteiger charge is -2.05. The molecule has 6 heteroatoms. The van der Waals surface area contributed by atoms with Crippen LogP contribution in [0.3, 0.4) is 0 Å². The second-order valence-electron chi connectivity index (χ2n) is 3.92. The average Bonchev–Trinajstić information content (AvgIpc) is 3.08. The summed E-state index contributed by atoms with van der Waals surface area (Å²) in [5, 5.41) is 7.39. The van der Waals surface area contributed by atoms with Crippen molar-refractivity contribution in [1.29, 1.82) is 0 Å². The normalized spacial score (nSPS) is 10.6. The van der Waals surface area contributed by atoms with Crippen molar-refractivity contribution < 1.29 is 4.42 Å². The Bertz CT molecular complexity index is 646. The van der Waals surface area contributed by atoms with Gasteiger partial charge in [0.05, 0.1) is 18.4 Å². The molecule has 3 heterocycles. The molecule has 0 unspecified atom stereocenters. The van der Waals surface area contributed by atoms with Gasteiger partial charge in [-0.15, -0.1) is 0 Å². The highest BCUT2D eigenvalue weighted by Gasteiger charge is 2.01. The maximum absolute atomic E-state index is 5.48. The van der Waals surface area contributed by atoms with Gasteiger partial charge in [0.25, 0.3) is 0 Å². The second kappa shape index (κ2) is 5.43. The van der Waals surface area contributed by atoms with E-state index in [0.717, 1.165) is 21.0 Å². The number of pyridine rings is 1. The minimum Gasteiger partial charge on any atom is -0.454 e. The molecule has 0 fully saturated rings. The fourth-order valence-corrected chi connectivity index (χ4v) is 2.13. The number of furan rings is 1. The van der Waals surface area contributed by atoms with Crippen LogP contribution >= 0.6 is 22.6 Å². The molecule has 0 spiro atoms. The zero-order chi connectivity index (χ0) is 13.1. The summed E-state index contributed by atoms with van der Waals surface area (Å²) in [6, 6.07) is 9.66. The fraction of sp³-hybridized carbons (Fsp3) is 0.0769. The summed E-state index contributed by atoms with van der Waals surface area (Å²) < 4.78 is 8.09. The lowest BCUT2D eigenvalue weighted by Crippen LogP contribution is -2.01. The second-order valence-corrected chi connectivity index (χ2v) is 4.98. The van der Waals surface area contributed by atoms with Gasteiger partial charge in [-0.05, 0) is 52.9 Å². The molecule has 0 bridgehead atoms. The molecule has 0 aliphatic rings. The average molecular weight is 366 g/mol. The van der Waals surface area contributed by atoms with Crippen molar-refractivity contribution in [2.45, 2.75) is 6.54 Å². The predicted molar refractivity (Wildman–Crippen MR) is 80.1 cm³/mol. The minimum absolute atomic E-state index is 0.645. The van der Waals surface area contributed by atoms with E-state index in [0.29, 0.717) is 6.54 Å². The number of anilines is 1. The van der Waals surface area contributed by atoms with Gasteiger partial charge in [0.1, 0.15) is 5.76 Å². The van der Waals surface area contributed by atoms with Gasteiger partial charge in [-0.25, -0.2) is 9.67 Å². The molecule has 3 aromatic rings. The van der Waals surface area contributed by atoms with Crippen molar-refractivity contribution >= 4 is 28.3 Å². The van der Waals surface area contributed by atoms with Crippen molar-refractivity contribution in [3.63, 3.8) is 0 Å². The van der Waals surface area contributed by atoms with Gasteiger partial charge in [-0.1, -0.05) is 0 Å². The molecule has 0 aromatic carbocycles. The number of halogens is 1. The number of nitrogens with one attached hydrogen (secondary N) is 1. The van der Waals surface area contributed by atoms with Crippen molar-refractivity contribution in [3.8, 4) is 5.82 Å². The molecule has 5 nitrogen and oxygen atoms in total. The van der Waals surface area contributed by atoms with Gasteiger partial charge in [0.15, 0.2) is 9.58 Å². The van der Waals surface area contributed by atoms with Gasteiger partial charge in [-0.2, -0.15) is 5.10 Å². The molecule has 0 saturated heterocycles. The minimum atomic E-state index is 0.645. The van der Waals surface area contributed by atoms with E-state index < -0.39 is 0 Å². The molecule has 0 aliphatic carbocycles. The number of hydrogen-bond acceptors (Lipinski definition) is 4. The number of hydrogen-bond donors (Lipinski definition) is 1. The SMILES string of the molecule is Ic1ccc(CNc2ccc(-n3cccn3)nc2)o1. The highest BCUT2D eigenvalue weighted by Crippen LogP contribution is 2.13. The van der Waals surface area contributed by atoms with Crippen LogP contribution in [0.25, 0.3) is 5.82 Å². The van der Waals surface area contributed by atoms with Crippen molar-refractivity contribution in [2.24, 2.45) is 0 Å². The molecule has 0 radical (unpaired) electrons. The number of aromatic nitrogens is 3. The van der Waals surface area contributed by atoms with Crippen molar-refractivity contribution in [2.75, 3.05) is 5.32 Å². The van der Waals surface area contributed by atoms with Gasteiger partial charge in [0.2, 0.25) is 0 Å². The van der Waals surface area contributed by atoms with Crippen LogP contribution in [-0.2, 0) is 6.54 Å². The number of nitrogens with zero attached hydrogens (tertiary/aromatic N) is 3. The monoisotopic (exact) mass is 366 g/mol. The zero-order valence-corrected chi connectivity index (χ0v) is 12.1. The Morgan fingerprint density at radius 3 is 2.84 bits per heavy atom. The molecular formula is C13H11IN4O. The summed E-state index contributed by atoms with van der Waals surface area (Å²) in [5.41, 5.74) is 0.947. The van der Waals surface area contributed by atoms with E-state index in [1.54, 1.807) is 17.1 Å². The summed E-state index contributed by atoms with van der Waals surface area (Å²) in [7, 11) is 0. The zero-order valence-electron chi connectivity index (χ0n) is 9.95. The Hall–Kier alpha value is -1.83. The van der Waals surface area contributed by atoms with E-state index in [-0.39, 0.29) is 0 Å². The third-order valence-electron chi connectivity index (χ3n) is 2.58. The van der Waals surface area contributed by atoms with Crippen LogP contribution < -0.4 is 5.32 Å². The third-order valence-corrected chi connectivity index (χ3v) is 3.16. The lowest BCUT2D eigenvalue weighted by atomic mass is 10.3. The Labute approximate surface area is 123 Å². The van der Waals surface area contributed by atoms with E-state index >= 15 is 0 Å². The summed E-state index contributed by atoms with van der Waals surface area (Å²) >= 11 is 2.15. The van der Waals surface area contributed by atoms with E-state index in [2.05, 4.69) is 38.0 Å². The lowest BCUT2D eigenvalue weighted by molar-refractivity contribution is 0.493. The van der Waals surface area contributed by atoms with Crippen LogP contribution in [0.2, 0.25) is 0 Å². The molecule has 19 heavy (non-hydrogen) atoms. The maximum atomic E-state index is 5.48. The van der Waals surface area contributed by atoms with E-state index in [1.807, 2.05) is 36.5 Å². The maximum Gasteiger partial charge on any atom is 0.164 e. The first kappa shape index (κ1) is 12.2. The fourth-order valence-electron chi connectivity index (χ4n) is 1.67. The van der Waals surface area contributed by atoms with Crippen molar-refractivity contribution in [1.82, 2.24) is 14.8 Å². The smallest absolute Gasteiger partial charge is 0.164 e. The Morgan fingerprint density at radius 1 is 1.26 bits per heavy atom. The number of rotatable bonds is 4. The summed E-state index contributed by atoms with van der Waals surface area (Å²) in [4.78, 5) is 4.34. The van der Waals surface area contributed by atoms with E-state index in [9.17, 15) is 0 Å². The first-order valence-corrected chi connectivity index (χ1v) is 6.83. The standard InChI is InChI=1S/C13H11IN4O/c14-12-4-3-11(19-12)9-15-10-2-5-13(16-8-10)18-7-1-6-17-18/h1-8,15H,9H2. The van der Waals surface area contributed by atoms with Gasteiger partial charge in [0, 0.05) is 12.4 Å². The highest BCUT2D eigenvalue weighted by molar-refractivity contribution is 14.1. The van der Waals surface area contributed by atoms with Crippen LogP contribution in [-0.4, -0.2) is 14.8 Å². The summed E-state index contributed by atoms with van der Waals surface area (Å²) in [5.74, 6) is 1.70. The summed E-state index contributed by atoms with van der Waals surface area (Å²) in [6.45, 7) is 0.645. The predicted octanol–water partition coefficient (Wildman–Crippen LogP) is 3.08. The van der Waals surface area contributed by atoms with Gasteiger partial charge >= 0.3 is 0 Å². The molecule has 0 aliphatic heterocycles. The van der Waals surface area contributed by atoms with Crippen LogP contribution in [0.4, 0.5) is 5.69 Å². The first-order chi connectivity index (χ1) is 9.31. The molecule has 0 saturated carbocycles. The Balaban J connectivity index is 1.66. The molecule has 3 rings (SSSR count). The van der Waals surface area contributed by atoms with Crippen molar-refractivity contribution in [3.05, 3.63) is 58.4 Å².